The van der Waals surface area contributed by atoms with Gasteiger partial charge in [-0.1, -0.05) is 29.8 Å². The third-order valence-corrected chi connectivity index (χ3v) is 4.53. The van der Waals surface area contributed by atoms with Crippen molar-refractivity contribution >= 4 is 23.5 Å². The van der Waals surface area contributed by atoms with Gasteiger partial charge in [0.25, 0.3) is 0 Å². The number of hydrogen-bond donors (Lipinski definition) is 1. The van der Waals surface area contributed by atoms with E-state index in [1.165, 1.54) is 17.5 Å². The number of rotatable bonds is 5. The van der Waals surface area contributed by atoms with Crippen molar-refractivity contribution in [1.29, 1.82) is 0 Å². The van der Waals surface area contributed by atoms with Crippen molar-refractivity contribution in [2.75, 3.05) is 14.2 Å². The molecule has 0 saturated heterocycles. The molecule has 1 N–H and O–H groups in total. The Kier molecular flexibility index (Phi) is 5.11. The summed E-state index contributed by atoms with van der Waals surface area (Å²) in [5.74, 6) is 2.39. The molecule has 0 fully saturated rings. The van der Waals surface area contributed by atoms with E-state index in [2.05, 4.69) is 47.0 Å². The van der Waals surface area contributed by atoms with Gasteiger partial charge in [0.15, 0.2) is 11.5 Å². The Morgan fingerprint density at radius 2 is 1.88 bits per heavy atom. The number of methoxy groups -OCH3 is 2. The van der Waals surface area contributed by atoms with Gasteiger partial charge in [0.2, 0.25) is 0 Å². The standard InChI is InChI=1S/C19H20N2O2S/c1-13-5-4-6-14(11-13)16-8-10-19(20-16)21-24-15-7-9-17(22-2)18(12-15)23-3/h4-9,11-12H,10H2,1-3H3,(H,20,21). The summed E-state index contributed by atoms with van der Waals surface area (Å²) in [6, 6.07) is 14.2. The zero-order chi connectivity index (χ0) is 16.9. The van der Waals surface area contributed by atoms with Crippen molar-refractivity contribution < 1.29 is 9.47 Å². The van der Waals surface area contributed by atoms with Crippen LogP contribution in [-0.4, -0.2) is 20.1 Å². The zero-order valence-electron chi connectivity index (χ0n) is 14.0. The lowest BCUT2D eigenvalue weighted by Crippen LogP contribution is -2.12. The number of ether oxygens (including phenoxy) is 2. The summed E-state index contributed by atoms with van der Waals surface area (Å²) >= 11 is 1.52. The summed E-state index contributed by atoms with van der Waals surface area (Å²) < 4.78 is 13.9. The van der Waals surface area contributed by atoms with E-state index in [0.717, 1.165) is 39.9 Å². The fourth-order valence-electron chi connectivity index (χ4n) is 2.48. The third-order valence-electron chi connectivity index (χ3n) is 3.70. The van der Waals surface area contributed by atoms with Gasteiger partial charge < -0.3 is 14.2 Å². The van der Waals surface area contributed by atoms with Gasteiger partial charge in [-0.2, -0.15) is 0 Å². The Bertz CT molecular complexity index is 800. The van der Waals surface area contributed by atoms with E-state index in [4.69, 9.17) is 9.47 Å². The maximum Gasteiger partial charge on any atom is 0.161 e. The number of nitrogens with zero attached hydrogens (tertiary/aromatic N) is 1. The van der Waals surface area contributed by atoms with Gasteiger partial charge in [0.1, 0.15) is 5.84 Å². The maximum atomic E-state index is 5.33. The van der Waals surface area contributed by atoms with Crippen LogP contribution in [0.2, 0.25) is 0 Å². The molecule has 1 aliphatic heterocycles. The predicted octanol–water partition coefficient (Wildman–Crippen LogP) is 4.45. The van der Waals surface area contributed by atoms with Crippen molar-refractivity contribution in [3.05, 3.63) is 59.7 Å². The Morgan fingerprint density at radius 1 is 1.04 bits per heavy atom. The zero-order valence-corrected chi connectivity index (χ0v) is 14.8. The van der Waals surface area contributed by atoms with E-state index in [-0.39, 0.29) is 0 Å². The summed E-state index contributed by atoms with van der Waals surface area (Å²) in [4.78, 5) is 5.72. The minimum atomic E-state index is 0.719. The first-order chi connectivity index (χ1) is 11.7. The van der Waals surface area contributed by atoms with E-state index in [1.807, 2.05) is 18.2 Å². The van der Waals surface area contributed by atoms with Gasteiger partial charge >= 0.3 is 0 Å². The molecule has 0 aromatic heterocycles. The summed E-state index contributed by atoms with van der Waals surface area (Å²) in [5, 5.41) is 0. The van der Waals surface area contributed by atoms with Gasteiger partial charge in [-0.25, -0.2) is 4.99 Å². The maximum absolute atomic E-state index is 5.33. The van der Waals surface area contributed by atoms with Crippen LogP contribution in [0.4, 0.5) is 0 Å². The molecular formula is C19H20N2O2S. The summed E-state index contributed by atoms with van der Waals surface area (Å²) in [6.45, 7) is 2.09. The van der Waals surface area contributed by atoms with Crippen molar-refractivity contribution in [2.45, 2.75) is 18.2 Å². The lowest BCUT2D eigenvalue weighted by atomic mass is 10.1. The van der Waals surface area contributed by atoms with Crippen LogP contribution < -0.4 is 14.2 Å². The number of aliphatic imine (C=N–C) groups is 1. The molecule has 5 heteroatoms. The molecule has 0 radical (unpaired) electrons. The smallest absolute Gasteiger partial charge is 0.161 e. The molecular weight excluding hydrogens is 320 g/mol. The van der Waals surface area contributed by atoms with E-state index in [1.54, 1.807) is 14.2 Å². The first kappa shape index (κ1) is 16.5. The predicted molar refractivity (Wildman–Crippen MR) is 99.7 cm³/mol. The SMILES string of the molecule is COc1ccc(SNC2=NC(c3cccc(C)c3)=CC2)cc1OC. The highest BCUT2D eigenvalue weighted by atomic mass is 32.2. The Hall–Kier alpha value is -2.40. The van der Waals surface area contributed by atoms with Crippen LogP contribution in [0, 0.1) is 6.92 Å². The lowest BCUT2D eigenvalue weighted by molar-refractivity contribution is 0.354. The molecule has 0 saturated carbocycles. The number of aryl methyl sites for hydroxylation is 1. The van der Waals surface area contributed by atoms with Gasteiger partial charge in [0.05, 0.1) is 19.9 Å². The van der Waals surface area contributed by atoms with Gasteiger partial charge in [-0.05, 0) is 43.1 Å². The van der Waals surface area contributed by atoms with Crippen LogP contribution in [0.1, 0.15) is 17.5 Å². The second kappa shape index (κ2) is 7.45. The largest absolute Gasteiger partial charge is 0.493 e. The molecule has 1 heterocycles. The van der Waals surface area contributed by atoms with E-state index in [0.29, 0.717) is 0 Å². The number of nitrogens with one attached hydrogen (secondary N) is 1. The second-order valence-corrected chi connectivity index (χ2v) is 6.32. The Morgan fingerprint density at radius 3 is 2.62 bits per heavy atom. The van der Waals surface area contributed by atoms with E-state index >= 15 is 0 Å². The topological polar surface area (TPSA) is 42.8 Å². The molecule has 24 heavy (non-hydrogen) atoms. The molecule has 2 aromatic carbocycles. The third kappa shape index (κ3) is 3.74. The molecule has 0 atom stereocenters. The van der Waals surface area contributed by atoms with E-state index in [9.17, 15) is 0 Å². The van der Waals surface area contributed by atoms with Crippen LogP contribution in [0.15, 0.2) is 58.4 Å². The van der Waals surface area contributed by atoms with Crippen molar-refractivity contribution in [1.82, 2.24) is 4.72 Å². The highest BCUT2D eigenvalue weighted by Crippen LogP contribution is 2.31. The first-order valence-corrected chi connectivity index (χ1v) is 8.51. The molecule has 3 rings (SSSR count). The van der Waals surface area contributed by atoms with Crippen LogP contribution in [0.25, 0.3) is 5.70 Å². The first-order valence-electron chi connectivity index (χ1n) is 7.69. The van der Waals surface area contributed by atoms with E-state index < -0.39 is 0 Å². The fourth-order valence-corrected chi connectivity index (χ4v) is 3.15. The quantitative estimate of drug-likeness (QED) is 0.817. The monoisotopic (exact) mass is 340 g/mol. The molecule has 0 unspecified atom stereocenters. The molecule has 1 aliphatic rings. The van der Waals surface area contributed by atoms with Gasteiger partial charge in [-0.15, -0.1) is 0 Å². The minimum absolute atomic E-state index is 0.719. The number of benzene rings is 2. The van der Waals surface area contributed by atoms with Crippen LogP contribution in [-0.2, 0) is 0 Å². The average molecular weight is 340 g/mol. The van der Waals surface area contributed by atoms with Gasteiger partial charge in [-0.3, -0.25) is 0 Å². The lowest BCUT2D eigenvalue weighted by Gasteiger charge is -2.10. The normalized spacial score (nSPS) is 13.3. The molecule has 0 spiro atoms. The molecule has 0 bridgehead atoms. The molecule has 124 valence electrons. The summed E-state index contributed by atoms with van der Waals surface area (Å²) in [6.07, 6.45) is 2.95. The molecule has 0 amide bonds. The minimum Gasteiger partial charge on any atom is -0.493 e. The van der Waals surface area contributed by atoms with Crippen molar-refractivity contribution in [2.24, 2.45) is 4.99 Å². The highest BCUT2D eigenvalue weighted by molar-refractivity contribution is 7.98. The summed E-state index contributed by atoms with van der Waals surface area (Å²) in [5.41, 5.74) is 3.42. The molecule has 4 nitrogen and oxygen atoms in total. The van der Waals surface area contributed by atoms with Gasteiger partial charge in [0, 0.05) is 16.9 Å². The number of amidine groups is 1. The highest BCUT2D eigenvalue weighted by Gasteiger charge is 2.11. The van der Waals surface area contributed by atoms with Crippen LogP contribution >= 0.6 is 11.9 Å². The second-order valence-electron chi connectivity index (χ2n) is 5.44. The average Bonchev–Trinajstić information content (AvgIpc) is 3.08. The fraction of sp³-hybridized carbons (Fsp3) is 0.211. The number of hydrogen-bond acceptors (Lipinski definition) is 5. The van der Waals surface area contributed by atoms with Crippen LogP contribution in [0.3, 0.4) is 0 Å². The van der Waals surface area contributed by atoms with Crippen molar-refractivity contribution in [3.63, 3.8) is 0 Å². The summed E-state index contributed by atoms with van der Waals surface area (Å²) in [7, 11) is 3.27. The van der Waals surface area contributed by atoms with Crippen molar-refractivity contribution in [3.8, 4) is 11.5 Å². The molecule has 2 aromatic rings. The Labute approximate surface area is 146 Å². The molecule has 0 aliphatic carbocycles. The van der Waals surface area contributed by atoms with Crippen LogP contribution in [0.5, 0.6) is 11.5 Å². The Balaban J connectivity index is 1.65.